The van der Waals surface area contributed by atoms with Crippen LogP contribution in [0.4, 0.5) is 0 Å². The van der Waals surface area contributed by atoms with Crippen LogP contribution in [0.5, 0.6) is 0 Å². The first-order valence-electron chi connectivity index (χ1n) is 7.98. The molecule has 4 rings (SSSR count). The molecule has 122 valence electrons. The van der Waals surface area contributed by atoms with Gasteiger partial charge in [0.15, 0.2) is 0 Å². The van der Waals surface area contributed by atoms with E-state index in [0.717, 1.165) is 25.3 Å². The number of ether oxygens (including phenoxy) is 1. The molecule has 2 aromatic rings. The maximum atomic E-state index is 12.8. The molecule has 2 aliphatic rings. The van der Waals surface area contributed by atoms with E-state index < -0.39 is 0 Å². The first-order chi connectivity index (χ1) is 11.3. The minimum absolute atomic E-state index is 0.0106. The number of imidazole rings is 1. The molecule has 1 amide bonds. The smallest absolute Gasteiger partial charge is 0.228 e. The van der Waals surface area contributed by atoms with Crippen molar-refractivity contribution in [1.29, 1.82) is 0 Å². The van der Waals surface area contributed by atoms with Crippen LogP contribution in [0.15, 0.2) is 25.0 Å². The molecule has 0 saturated carbocycles. The Kier molecular flexibility index (Phi) is 3.82. The number of rotatable bonds is 3. The molecule has 0 spiro atoms. The lowest BCUT2D eigenvalue weighted by Gasteiger charge is -2.26. The first-order valence-corrected chi connectivity index (χ1v) is 7.98. The van der Waals surface area contributed by atoms with Crippen LogP contribution in [0.1, 0.15) is 12.2 Å². The summed E-state index contributed by atoms with van der Waals surface area (Å²) in [5, 5.41) is 4.19. The maximum absolute atomic E-state index is 12.8. The third-order valence-corrected chi connectivity index (χ3v) is 4.57. The third kappa shape index (κ3) is 2.98. The Morgan fingerprint density at radius 3 is 3.13 bits per heavy atom. The number of hydrogen-bond donors (Lipinski definition) is 0. The molecule has 0 radical (unpaired) electrons. The van der Waals surface area contributed by atoms with Gasteiger partial charge < -0.3 is 14.2 Å². The van der Waals surface area contributed by atoms with E-state index in [2.05, 4.69) is 19.6 Å². The molecular weight excluding hydrogens is 296 g/mol. The quantitative estimate of drug-likeness (QED) is 0.806. The van der Waals surface area contributed by atoms with Crippen LogP contribution in [0.25, 0.3) is 0 Å². The number of hydrogen-bond acceptors (Lipinski definition) is 5. The normalized spacial score (nSPS) is 24.4. The summed E-state index contributed by atoms with van der Waals surface area (Å²) in [4.78, 5) is 23.2. The second-order valence-electron chi connectivity index (χ2n) is 6.26. The molecular formula is C15H20N6O2. The minimum atomic E-state index is -0.0106. The van der Waals surface area contributed by atoms with Gasteiger partial charge in [-0.15, -0.1) is 0 Å². The molecule has 2 atom stereocenters. The molecule has 2 aromatic heterocycles. The second kappa shape index (κ2) is 6.11. The van der Waals surface area contributed by atoms with Gasteiger partial charge in [0.2, 0.25) is 5.91 Å². The SMILES string of the molecule is O=C([C@H]1CCOC1)N1Cc2nccn2C[C@H](Cn2cncn2)C1. The maximum Gasteiger partial charge on any atom is 0.228 e. The molecule has 0 N–H and O–H groups in total. The number of aromatic nitrogens is 5. The summed E-state index contributed by atoms with van der Waals surface area (Å²) in [6.07, 6.45) is 7.86. The van der Waals surface area contributed by atoms with Gasteiger partial charge >= 0.3 is 0 Å². The molecule has 1 fully saturated rings. The van der Waals surface area contributed by atoms with Gasteiger partial charge in [-0.25, -0.2) is 9.97 Å². The summed E-state index contributed by atoms with van der Waals surface area (Å²) in [5.74, 6) is 1.39. The van der Waals surface area contributed by atoms with E-state index in [1.54, 1.807) is 12.5 Å². The van der Waals surface area contributed by atoms with Crippen molar-refractivity contribution in [3.63, 3.8) is 0 Å². The van der Waals surface area contributed by atoms with Gasteiger partial charge in [-0.2, -0.15) is 5.10 Å². The highest BCUT2D eigenvalue weighted by atomic mass is 16.5. The van der Waals surface area contributed by atoms with Crippen molar-refractivity contribution in [2.24, 2.45) is 11.8 Å². The summed E-state index contributed by atoms with van der Waals surface area (Å²) in [6, 6.07) is 0. The Hall–Kier alpha value is -2.22. The van der Waals surface area contributed by atoms with Crippen molar-refractivity contribution in [2.45, 2.75) is 26.1 Å². The Morgan fingerprint density at radius 1 is 1.39 bits per heavy atom. The fraction of sp³-hybridized carbons (Fsp3) is 0.600. The molecule has 2 aliphatic heterocycles. The molecule has 8 nitrogen and oxygen atoms in total. The lowest BCUT2D eigenvalue weighted by atomic mass is 10.1. The topological polar surface area (TPSA) is 78.1 Å². The van der Waals surface area contributed by atoms with Crippen LogP contribution in [0.3, 0.4) is 0 Å². The average Bonchev–Trinajstić information content (AvgIpc) is 3.28. The average molecular weight is 316 g/mol. The zero-order valence-electron chi connectivity index (χ0n) is 12.9. The standard InChI is InChI=1S/C15H20N6O2/c22-15(13-1-4-23-9-13)20-6-12(7-21-11-16-10-18-21)5-19-3-2-17-14(19)8-20/h2-3,10-13H,1,4-9H2/t12-,13-/m0/s1. The largest absolute Gasteiger partial charge is 0.381 e. The molecule has 0 bridgehead atoms. The van der Waals surface area contributed by atoms with E-state index in [4.69, 9.17) is 4.74 Å². The van der Waals surface area contributed by atoms with Crippen molar-refractivity contribution >= 4 is 5.91 Å². The van der Waals surface area contributed by atoms with Crippen LogP contribution in [-0.4, -0.2) is 54.9 Å². The molecule has 1 saturated heterocycles. The molecule has 23 heavy (non-hydrogen) atoms. The number of amides is 1. The van der Waals surface area contributed by atoms with Gasteiger partial charge in [0.05, 0.1) is 19.1 Å². The van der Waals surface area contributed by atoms with Crippen LogP contribution in [0, 0.1) is 11.8 Å². The van der Waals surface area contributed by atoms with Crippen LogP contribution in [-0.2, 0) is 29.2 Å². The fourth-order valence-corrected chi connectivity index (χ4v) is 3.40. The summed E-state index contributed by atoms with van der Waals surface area (Å²) in [6.45, 7) is 4.07. The highest BCUT2D eigenvalue weighted by molar-refractivity contribution is 5.79. The first kappa shape index (κ1) is 14.4. The Balaban J connectivity index is 1.55. The number of fused-ring (bicyclic) bond motifs is 1. The van der Waals surface area contributed by atoms with Crippen molar-refractivity contribution in [2.75, 3.05) is 19.8 Å². The van der Waals surface area contributed by atoms with Crippen LogP contribution < -0.4 is 0 Å². The Labute approximate surface area is 134 Å². The van der Waals surface area contributed by atoms with Gasteiger partial charge in [-0.3, -0.25) is 9.48 Å². The third-order valence-electron chi connectivity index (χ3n) is 4.57. The summed E-state index contributed by atoms with van der Waals surface area (Å²) < 4.78 is 9.34. The predicted molar refractivity (Wildman–Crippen MR) is 80.1 cm³/mol. The van der Waals surface area contributed by atoms with E-state index in [0.29, 0.717) is 26.3 Å². The predicted octanol–water partition coefficient (Wildman–Crippen LogP) is 0.170. The van der Waals surface area contributed by atoms with Gasteiger partial charge in [0, 0.05) is 44.6 Å². The van der Waals surface area contributed by atoms with Gasteiger partial charge in [0.25, 0.3) is 0 Å². The second-order valence-corrected chi connectivity index (χ2v) is 6.26. The van der Waals surface area contributed by atoms with E-state index in [1.807, 2.05) is 15.8 Å². The molecule has 0 aliphatic carbocycles. The van der Waals surface area contributed by atoms with Crippen molar-refractivity contribution in [1.82, 2.24) is 29.2 Å². The van der Waals surface area contributed by atoms with Crippen LogP contribution in [0.2, 0.25) is 0 Å². The summed E-state index contributed by atoms with van der Waals surface area (Å²) in [5.41, 5.74) is 0. The zero-order valence-corrected chi connectivity index (χ0v) is 12.9. The lowest BCUT2D eigenvalue weighted by Crippen LogP contribution is -2.39. The van der Waals surface area contributed by atoms with Gasteiger partial charge in [0.1, 0.15) is 18.5 Å². The molecule has 0 aromatic carbocycles. The summed E-state index contributed by atoms with van der Waals surface area (Å²) >= 11 is 0. The number of carbonyl (C=O) groups excluding carboxylic acids is 1. The number of nitrogens with zero attached hydrogens (tertiary/aromatic N) is 6. The van der Waals surface area contributed by atoms with Gasteiger partial charge in [-0.1, -0.05) is 0 Å². The summed E-state index contributed by atoms with van der Waals surface area (Å²) in [7, 11) is 0. The minimum Gasteiger partial charge on any atom is -0.381 e. The van der Waals surface area contributed by atoms with Crippen molar-refractivity contribution in [3.05, 3.63) is 30.9 Å². The monoisotopic (exact) mass is 316 g/mol. The van der Waals surface area contributed by atoms with E-state index >= 15 is 0 Å². The van der Waals surface area contributed by atoms with Crippen LogP contribution >= 0.6 is 0 Å². The highest BCUT2D eigenvalue weighted by Crippen LogP contribution is 2.22. The lowest BCUT2D eigenvalue weighted by molar-refractivity contribution is -0.136. The van der Waals surface area contributed by atoms with Crippen molar-refractivity contribution < 1.29 is 9.53 Å². The fourth-order valence-electron chi connectivity index (χ4n) is 3.40. The Bertz CT molecular complexity index is 661. The molecule has 4 heterocycles. The van der Waals surface area contributed by atoms with E-state index in [1.165, 1.54) is 6.33 Å². The van der Waals surface area contributed by atoms with E-state index in [-0.39, 0.29) is 17.7 Å². The highest BCUT2D eigenvalue weighted by Gasteiger charge is 2.32. The molecule has 0 unspecified atom stereocenters. The number of carbonyl (C=O) groups is 1. The zero-order chi connectivity index (χ0) is 15.6. The Morgan fingerprint density at radius 2 is 2.35 bits per heavy atom. The molecule has 8 heteroatoms. The van der Waals surface area contributed by atoms with E-state index in [9.17, 15) is 4.79 Å². The van der Waals surface area contributed by atoms with Crippen molar-refractivity contribution in [3.8, 4) is 0 Å². The van der Waals surface area contributed by atoms with Gasteiger partial charge in [-0.05, 0) is 6.42 Å².